The van der Waals surface area contributed by atoms with Crippen molar-refractivity contribution in [3.63, 3.8) is 0 Å². The fraction of sp³-hybridized carbons (Fsp3) is 0.744. The molecule has 1 aromatic heterocycles. The number of unbranched alkanes of at least 4 members (excludes halogenated alkanes) is 78. The first-order chi connectivity index (χ1) is 70.3. The minimum Gasteiger partial charge on any atom is -0.490 e. The number of benzene rings is 4. The fourth-order valence-electron chi connectivity index (χ4n) is 19.4. The standard InChI is InChI=1S/C129H215N3O10/c1-7-13-19-25-31-37-43-49-55-61-67-73-79-85-102-135-122-108-114(109-123(136-103-86-80-74-68-62-56-50-44-38-32-26-20-14-8-2)126(122)139-106-89-83-77-71-65-59-53-47-41-35-29-23-17-11-5)128(133)141-120-98-94-116(95-99-120)130-112-118-92-91-93-119(132-118)113-131-117-96-100-121(101-97-117)142-129(134)115-110-124(137-104-87-81-75-69-63-57-51-45-39-33-27-21-15-9-3)127(140-107-90-84-78-72-66-60-54-48-42-36-30-24-18-12-6)125(111-115)138-105-88-82-76-70-64-58-52-46-40-34-28-22-16-10-4/h91-101,108-113H,7-90,102-107H2,1-6H3. The molecular formula is C129H215N3O10. The monoisotopic (exact) mass is 1970 g/mol. The highest BCUT2D eigenvalue weighted by molar-refractivity contribution is 5.94. The maximum absolute atomic E-state index is 14.5. The Morgan fingerprint density at radius 2 is 0.373 bits per heavy atom. The van der Waals surface area contributed by atoms with Crippen molar-refractivity contribution in [2.75, 3.05) is 39.6 Å². The van der Waals surface area contributed by atoms with Gasteiger partial charge in [-0.05, 0) is 123 Å². The van der Waals surface area contributed by atoms with E-state index in [1.807, 2.05) is 42.5 Å². The van der Waals surface area contributed by atoms with Gasteiger partial charge in [-0.1, -0.05) is 548 Å². The van der Waals surface area contributed by atoms with Gasteiger partial charge in [0.1, 0.15) is 11.5 Å². The zero-order chi connectivity index (χ0) is 101. The highest BCUT2D eigenvalue weighted by Crippen LogP contribution is 2.43. The van der Waals surface area contributed by atoms with Crippen molar-refractivity contribution >= 4 is 35.7 Å². The van der Waals surface area contributed by atoms with E-state index < -0.39 is 11.9 Å². The zero-order valence-corrected chi connectivity index (χ0v) is 92.9. The number of nitrogens with zero attached hydrogens (tertiary/aromatic N) is 3. The van der Waals surface area contributed by atoms with Crippen LogP contribution in [0.1, 0.15) is 613 Å². The molecule has 5 rings (SSSR count). The molecule has 13 nitrogen and oxygen atoms in total. The lowest BCUT2D eigenvalue weighted by Crippen LogP contribution is -2.12. The maximum Gasteiger partial charge on any atom is 0.343 e. The van der Waals surface area contributed by atoms with Crippen molar-refractivity contribution < 1.29 is 47.5 Å². The second-order valence-electron chi connectivity index (χ2n) is 42.0. The molecule has 0 unspecified atom stereocenters. The van der Waals surface area contributed by atoms with Crippen LogP contribution in [0.3, 0.4) is 0 Å². The van der Waals surface area contributed by atoms with Crippen LogP contribution < -0.4 is 37.9 Å². The number of rotatable bonds is 104. The smallest absolute Gasteiger partial charge is 0.343 e. The first kappa shape index (κ1) is 126. The minimum atomic E-state index is -0.498. The van der Waals surface area contributed by atoms with Gasteiger partial charge < -0.3 is 37.9 Å². The van der Waals surface area contributed by atoms with Gasteiger partial charge in [0.15, 0.2) is 23.0 Å². The van der Waals surface area contributed by atoms with Crippen LogP contribution >= 0.6 is 0 Å². The summed E-state index contributed by atoms with van der Waals surface area (Å²) in [5, 5.41) is 0. The van der Waals surface area contributed by atoms with Gasteiger partial charge in [0.05, 0.1) is 86.0 Å². The van der Waals surface area contributed by atoms with E-state index in [-0.39, 0.29) is 0 Å². The van der Waals surface area contributed by atoms with E-state index >= 15 is 0 Å². The van der Waals surface area contributed by atoms with E-state index in [0.29, 0.717) is 120 Å². The van der Waals surface area contributed by atoms with Gasteiger partial charge in [0.25, 0.3) is 0 Å². The summed E-state index contributed by atoms with van der Waals surface area (Å²) in [7, 11) is 0. The highest BCUT2D eigenvalue weighted by atomic mass is 16.6. The van der Waals surface area contributed by atoms with Gasteiger partial charge in [-0.2, -0.15) is 0 Å². The molecule has 0 saturated carbocycles. The van der Waals surface area contributed by atoms with Crippen molar-refractivity contribution in [1.82, 2.24) is 4.98 Å². The molecule has 0 fully saturated rings. The molecule has 0 spiro atoms. The van der Waals surface area contributed by atoms with E-state index in [1.54, 1.807) is 61.0 Å². The molecule has 0 aliphatic rings. The Morgan fingerprint density at radius 3 is 0.549 bits per heavy atom. The van der Waals surface area contributed by atoms with Crippen LogP contribution in [0.4, 0.5) is 11.4 Å². The molecule has 806 valence electrons. The highest BCUT2D eigenvalue weighted by Gasteiger charge is 2.24. The number of hydrogen-bond donors (Lipinski definition) is 0. The molecule has 0 amide bonds. The van der Waals surface area contributed by atoms with E-state index in [1.165, 1.54) is 462 Å². The molecule has 0 bridgehead atoms. The normalized spacial score (nSPS) is 11.6. The van der Waals surface area contributed by atoms with Gasteiger partial charge in [-0.25, -0.2) is 14.6 Å². The van der Waals surface area contributed by atoms with Crippen LogP contribution in [0.5, 0.6) is 46.0 Å². The number of pyridine rings is 1. The molecule has 4 aromatic carbocycles. The SMILES string of the molecule is CCCCCCCCCCCCCCCCOc1cc(C(=O)Oc2ccc(N=Cc3cccc(C=Nc4ccc(OC(=O)c5cc(OCCCCCCCCCCCCCCCC)c(OCCCCCCCCCCCCCCCC)c(OCCCCCCCCCCCCCCCC)c5)cc4)n3)cc2)cc(OCCCCCCCCCCCCCCCC)c1OCCCCCCCCCCCCCCCC. The summed E-state index contributed by atoms with van der Waals surface area (Å²) in [6, 6.07) is 27.4. The summed E-state index contributed by atoms with van der Waals surface area (Å²) in [6.45, 7) is 17.0. The van der Waals surface area contributed by atoms with Gasteiger partial charge >= 0.3 is 11.9 Å². The van der Waals surface area contributed by atoms with Crippen LogP contribution in [-0.4, -0.2) is 69.0 Å². The predicted molar refractivity (Wildman–Crippen MR) is 609 cm³/mol. The number of esters is 2. The quantitative estimate of drug-likeness (QED) is 0.0159. The minimum absolute atomic E-state index is 0.355. The van der Waals surface area contributed by atoms with Gasteiger partial charge in [-0.3, -0.25) is 9.98 Å². The summed E-state index contributed by atoms with van der Waals surface area (Å²) in [6.07, 6.45) is 112. The Balaban J connectivity index is 1.25. The lowest BCUT2D eigenvalue weighted by atomic mass is 10.0. The first-order valence-electron chi connectivity index (χ1n) is 61.1. The summed E-state index contributed by atoms with van der Waals surface area (Å²) in [4.78, 5) is 43.4. The molecule has 0 saturated heterocycles. The topological polar surface area (TPSA) is 146 Å². The zero-order valence-electron chi connectivity index (χ0n) is 92.9. The van der Waals surface area contributed by atoms with Gasteiger partial charge in [0.2, 0.25) is 11.5 Å². The maximum atomic E-state index is 14.5. The second-order valence-corrected chi connectivity index (χ2v) is 42.0. The first-order valence-corrected chi connectivity index (χ1v) is 61.1. The van der Waals surface area contributed by atoms with E-state index in [2.05, 4.69) is 41.5 Å². The Morgan fingerprint density at radius 1 is 0.211 bits per heavy atom. The molecule has 13 heteroatoms. The molecule has 142 heavy (non-hydrogen) atoms. The van der Waals surface area contributed by atoms with E-state index in [4.69, 9.17) is 52.9 Å². The lowest BCUT2D eigenvalue weighted by molar-refractivity contribution is 0.0724. The van der Waals surface area contributed by atoms with Crippen LogP contribution in [-0.2, 0) is 0 Å². The van der Waals surface area contributed by atoms with Crippen LogP contribution in [0.2, 0.25) is 0 Å². The predicted octanol–water partition coefficient (Wildman–Crippen LogP) is 42.2. The van der Waals surface area contributed by atoms with Crippen molar-refractivity contribution in [3.05, 3.63) is 114 Å². The number of ether oxygens (including phenoxy) is 8. The van der Waals surface area contributed by atoms with E-state index in [9.17, 15) is 9.59 Å². The molecule has 0 aliphatic heterocycles. The Bertz CT molecular complexity index is 3400. The molecule has 1 heterocycles. The van der Waals surface area contributed by atoms with Crippen LogP contribution in [0, 0.1) is 0 Å². The Hall–Kier alpha value is -6.89. The summed E-state index contributed by atoms with van der Waals surface area (Å²) in [5.41, 5.74) is 3.35. The number of aliphatic imine (C=N–C) groups is 2. The number of carbonyl (C=O) groups excluding carboxylic acids is 2. The van der Waals surface area contributed by atoms with Crippen LogP contribution in [0.15, 0.2) is 101 Å². The Kier molecular flexibility index (Phi) is 83.0. The van der Waals surface area contributed by atoms with Crippen molar-refractivity contribution in [2.24, 2.45) is 9.98 Å². The number of hydrogen-bond acceptors (Lipinski definition) is 13. The number of aromatic nitrogens is 1. The van der Waals surface area contributed by atoms with Crippen molar-refractivity contribution in [2.45, 2.75) is 581 Å². The molecule has 5 aromatic rings. The molecule has 0 aliphatic carbocycles. The third-order valence-electron chi connectivity index (χ3n) is 28.6. The van der Waals surface area contributed by atoms with Gasteiger partial charge in [-0.15, -0.1) is 0 Å². The number of carbonyl (C=O) groups is 2. The molecule has 0 radical (unpaired) electrons. The lowest BCUT2D eigenvalue weighted by Gasteiger charge is -2.19. The second kappa shape index (κ2) is 93.9. The van der Waals surface area contributed by atoms with Crippen molar-refractivity contribution in [1.29, 1.82) is 0 Å². The fourth-order valence-corrected chi connectivity index (χ4v) is 19.4. The summed E-state index contributed by atoms with van der Waals surface area (Å²) >= 11 is 0. The summed E-state index contributed by atoms with van der Waals surface area (Å²) in [5.74, 6) is 3.13. The third kappa shape index (κ3) is 69.3. The molecule has 0 atom stereocenters. The largest absolute Gasteiger partial charge is 0.490 e. The van der Waals surface area contributed by atoms with E-state index in [0.717, 1.165) is 77.0 Å². The Labute approximate surface area is 872 Å². The van der Waals surface area contributed by atoms with Gasteiger partial charge in [0, 0.05) is 0 Å². The average molecular weight is 1970 g/mol. The molecule has 0 N–H and O–H groups in total. The van der Waals surface area contributed by atoms with Crippen LogP contribution in [0.25, 0.3) is 0 Å². The molecular weight excluding hydrogens is 1750 g/mol. The summed E-state index contributed by atoms with van der Waals surface area (Å²) < 4.78 is 52.6. The average Bonchev–Trinajstić information content (AvgIpc) is 0.813. The third-order valence-corrected chi connectivity index (χ3v) is 28.6. The van der Waals surface area contributed by atoms with Crippen molar-refractivity contribution in [3.8, 4) is 46.0 Å².